The molecule has 0 atom stereocenters. The summed E-state index contributed by atoms with van der Waals surface area (Å²) < 4.78 is 33.7. The minimum Gasteiger partial charge on any atom is -0.496 e. The number of methoxy groups -OCH3 is 1. The van der Waals surface area contributed by atoms with Crippen LogP contribution in [0.25, 0.3) is 83.9 Å². The molecule has 0 aliphatic heterocycles. The van der Waals surface area contributed by atoms with E-state index in [0.29, 0.717) is 5.82 Å². The smallest absolute Gasteiger partial charge is 0.149 e. The van der Waals surface area contributed by atoms with Crippen molar-refractivity contribution in [1.82, 2.24) is 14.5 Å². The predicted octanol–water partition coefficient (Wildman–Crippen LogP) is 15.0. The third-order valence-corrected chi connectivity index (χ3v) is 11.6. The number of aryl methyl sites for hydroxylation is 4. The number of pyridine rings is 1. The highest BCUT2D eigenvalue weighted by atomic mass is 16.5. The lowest BCUT2D eigenvalue weighted by Gasteiger charge is -2.21. The zero-order chi connectivity index (χ0) is 44.9. The van der Waals surface area contributed by atoms with Crippen LogP contribution in [-0.2, 0) is 5.41 Å². The standard InChI is InChI=1S/C57H51N3O/c1-36-17-20-41(21-18-36)43-27-28-58-51(35-43)46-33-44(40-13-10-9-11-14-40)32-45(34-46)48-15-12-16-53-54(48)59-56(50-31-38(3)29-39(4)55(50)61-8)60(53)52-26-19-37(2)30-49(52)42-22-24-47(25-23-42)57(5,6)7/h9-35H,1-8H3/i2D3. The number of benzene rings is 7. The van der Waals surface area contributed by atoms with Gasteiger partial charge < -0.3 is 4.74 Å². The molecule has 0 amide bonds. The SMILES string of the molecule is [2H]C([2H])([2H])c1ccc(-n2c(-c3cc(C)cc(C)c3OC)nc3c(-c4cc(-c5ccccc5)cc(-c5cc(-c6ccc(C)cc6)ccn5)c4)cccc32)c(-c2ccc(C(C)(C)C)cc2)c1. The molecule has 9 aromatic rings. The third kappa shape index (κ3) is 7.66. The maximum absolute atomic E-state index is 8.44. The third-order valence-electron chi connectivity index (χ3n) is 11.6. The first-order chi connectivity index (χ1) is 30.7. The molecule has 4 heteroatoms. The Balaban J connectivity index is 1.33. The van der Waals surface area contributed by atoms with E-state index in [-0.39, 0.29) is 11.0 Å². The van der Waals surface area contributed by atoms with Crippen molar-refractivity contribution in [3.8, 4) is 78.6 Å². The van der Waals surface area contributed by atoms with Gasteiger partial charge in [-0.3, -0.25) is 9.55 Å². The molecule has 0 spiro atoms. The van der Waals surface area contributed by atoms with Crippen LogP contribution in [0.5, 0.6) is 5.75 Å². The van der Waals surface area contributed by atoms with E-state index in [1.807, 2.05) is 24.4 Å². The van der Waals surface area contributed by atoms with Crippen LogP contribution in [0.2, 0.25) is 0 Å². The number of rotatable bonds is 8. The molecule has 0 aliphatic rings. The Morgan fingerprint density at radius 3 is 1.97 bits per heavy atom. The van der Waals surface area contributed by atoms with Crippen LogP contribution in [0.15, 0.2) is 164 Å². The average molecular weight is 797 g/mol. The lowest BCUT2D eigenvalue weighted by molar-refractivity contribution is 0.413. The lowest BCUT2D eigenvalue weighted by atomic mass is 9.86. The van der Waals surface area contributed by atoms with Crippen LogP contribution in [0, 0.1) is 27.6 Å². The molecule has 0 aliphatic carbocycles. The predicted molar refractivity (Wildman–Crippen MR) is 256 cm³/mol. The van der Waals surface area contributed by atoms with E-state index in [9.17, 15) is 0 Å². The Hall–Kier alpha value is -7.04. The van der Waals surface area contributed by atoms with Crippen LogP contribution >= 0.6 is 0 Å². The van der Waals surface area contributed by atoms with Crippen LogP contribution < -0.4 is 4.74 Å². The second kappa shape index (κ2) is 15.9. The summed E-state index contributed by atoms with van der Waals surface area (Å²) in [6.45, 7) is 10.5. The van der Waals surface area contributed by atoms with Crippen molar-refractivity contribution < 1.29 is 8.85 Å². The fourth-order valence-corrected chi connectivity index (χ4v) is 8.50. The molecule has 0 fully saturated rings. The molecule has 61 heavy (non-hydrogen) atoms. The molecule has 2 aromatic heterocycles. The zero-order valence-corrected chi connectivity index (χ0v) is 35.8. The number of para-hydroxylation sites is 1. The Morgan fingerprint density at radius 1 is 0.541 bits per heavy atom. The van der Waals surface area contributed by atoms with Gasteiger partial charge in [-0.1, -0.05) is 135 Å². The lowest BCUT2D eigenvalue weighted by Crippen LogP contribution is -2.10. The Morgan fingerprint density at radius 2 is 1.23 bits per heavy atom. The van der Waals surface area contributed by atoms with E-state index in [0.717, 1.165) is 94.9 Å². The second-order valence-corrected chi connectivity index (χ2v) is 17.1. The first-order valence-corrected chi connectivity index (χ1v) is 20.8. The highest BCUT2D eigenvalue weighted by Crippen LogP contribution is 2.43. The number of aromatic nitrogens is 3. The number of nitrogens with zero attached hydrogens (tertiary/aromatic N) is 3. The molecule has 0 bridgehead atoms. The van der Waals surface area contributed by atoms with Crippen molar-refractivity contribution in [3.05, 3.63) is 192 Å². The molecule has 300 valence electrons. The van der Waals surface area contributed by atoms with Gasteiger partial charge in [-0.15, -0.1) is 0 Å². The topological polar surface area (TPSA) is 39.9 Å². The van der Waals surface area contributed by atoms with E-state index in [4.69, 9.17) is 18.8 Å². The summed E-state index contributed by atoms with van der Waals surface area (Å²) in [6.07, 6.45) is 1.89. The fourth-order valence-electron chi connectivity index (χ4n) is 8.50. The van der Waals surface area contributed by atoms with Gasteiger partial charge in [0.2, 0.25) is 0 Å². The van der Waals surface area contributed by atoms with Crippen LogP contribution in [-0.4, -0.2) is 21.6 Å². The molecule has 2 heterocycles. The number of imidazole rings is 1. The van der Waals surface area contributed by atoms with Gasteiger partial charge in [-0.2, -0.15) is 0 Å². The Bertz CT molecular complexity index is 3180. The first-order valence-electron chi connectivity index (χ1n) is 22.3. The maximum Gasteiger partial charge on any atom is 0.149 e. The van der Waals surface area contributed by atoms with Crippen LogP contribution in [0.1, 0.15) is 52.7 Å². The van der Waals surface area contributed by atoms with Gasteiger partial charge in [0.25, 0.3) is 0 Å². The monoisotopic (exact) mass is 796 g/mol. The summed E-state index contributed by atoms with van der Waals surface area (Å²) in [5, 5.41) is 0. The molecule has 9 rings (SSSR count). The average Bonchev–Trinajstić information content (AvgIpc) is 3.68. The summed E-state index contributed by atoms with van der Waals surface area (Å²) in [7, 11) is 1.70. The first kappa shape index (κ1) is 35.9. The fraction of sp³-hybridized carbons (Fsp3) is 0.158. The van der Waals surface area contributed by atoms with Crippen LogP contribution in [0.4, 0.5) is 0 Å². The number of fused-ring (bicyclic) bond motifs is 1. The Kier molecular flexibility index (Phi) is 9.32. The minimum atomic E-state index is -2.31. The van der Waals surface area contributed by atoms with E-state index >= 15 is 0 Å². The van der Waals surface area contributed by atoms with Gasteiger partial charge in [-0.05, 0) is 138 Å². The molecule has 0 saturated carbocycles. The molecular weight excluding hydrogens is 743 g/mol. The largest absolute Gasteiger partial charge is 0.496 e. The summed E-state index contributed by atoms with van der Waals surface area (Å²) in [4.78, 5) is 10.5. The van der Waals surface area contributed by atoms with Gasteiger partial charge in [0.1, 0.15) is 11.6 Å². The zero-order valence-electron chi connectivity index (χ0n) is 38.8. The van der Waals surface area contributed by atoms with Crippen molar-refractivity contribution >= 4 is 11.0 Å². The highest BCUT2D eigenvalue weighted by molar-refractivity contribution is 5.98. The maximum atomic E-state index is 8.44. The van der Waals surface area contributed by atoms with Gasteiger partial charge in [0, 0.05) is 27.0 Å². The van der Waals surface area contributed by atoms with Gasteiger partial charge in [0.15, 0.2) is 0 Å². The van der Waals surface area contributed by atoms with Crippen molar-refractivity contribution in [2.24, 2.45) is 0 Å². The molecule has 0 saturated heterocycles. The van der Waals surface area contributed by atoms with Crippen molar-refractivity contribution in [2.75, 3.05) is 7.11 Å². The number of hydrogen-bond donors (Lipinski definition) is 0. The molecule has 4 nitrogen and oxygen atoms in total. The molecule has 7 aromatic carbocycles. The molecule has 0 radical (unpaired) electrons. The number of hydrogen-bond acceptors (Lipinski definition) is 3. The van der Waals surface area contributed by atoms with Crippen LogP contribution in [0.3, 0.4) is 0 Å². The highest BCUT2D eigenvalue weighted by Gasteiger charge is 2.24. The van der Waals surface area contributed by atoms with Gasteiger partial charge >= 0.3 is 0 Å². The summed E-state index contributed by atoms with van der Waals surface area (Å²) in [5.41, 5.74) is 17.9. The molecular formula is C57H51N3O. The quantitative estimate of drug-likeness (QED) is 0.154. The summed E-state index contributed by atoms with van der Waals surface area (Å²) in [5.74, 6) is 1.42. The van der Waals surface area contributed by atoms with E-state index < -0.39 is 6.85 Å². The molecule has 0 N–H and O–H groups in total. The summed E-state index contributed by atoms with van der Waals surface area (Å²) >= 11 is 0. The normalized spacial score (nSPS) is 12.5. The van der Waals surface area contributed by atoms with Crippen molar-refractivity contribution in [2.45, 2.75) is 53.8 Å². The van der Waals surface area contributed by atoms with E-state index in [1.165, 1.54) is 11.1 Å². The second-order valence-electron chi connectivity index (χ2n) is 17.1. The number of ether oxygens (including phenoxy) is 1. The van der Waals surface area contributed by atoms with E-state index in [2.05, 4.69) is 180 Å². The minimum absolute atomic E-state index is 0.0523. The van der Waals surface area contributed by atoms with Gasteiger partial charge in [0.05, 0.1) is 35.1 Å². The summed E-state index contributed by atoms with van der Waals surface area (Å²) in [6, 6.07) is 54.4. The van der Waals surface area contributed by atoms with E-state index in [1.54, 1.807) is 13.2 Å². The van der Waals surface area contributed by atoms with Gasteiger partial charge in [-0.25, -0.2) is 4.98 Å². The van der Waals surface area contributed by atoms with Crippen molar-refractivity contribution in [1.29, 1.82) is 0 Å². The molecule has 0 unspecified atom stereocenters. The Labute approximate surface area is 364 Å². The van der Waals surface area contributed by atoms with Crippen molar-refractivity contribution in [3.63, 3.8) is 0 Å².